The second kappa shape index (κ2) is 8.43. The maximum atomic E-state index is 13.8. The summed E-state index contributed by atoms with van der Waals surface area (Å²) < 4.78 is 26.9. The quantitative estimate of drug-likeness (QED) is 0.711. The molecule has 0 aromatic heterocycles. The van der Waals surface area contributed by atoms with E-state index < -0.39 is 17.7 Å². The van der Waals surface area contributed by atoms with Gasteiger partial charge in [-0.25, -0.2) is 13.6 Å². The molecule has 9 heteroatoms. The summed E-state index contributed by atoms with van der Waals surface area (Å²) in [5.74, 6) is -0.748. The molecule has 4 rings (SSSR count). The van der Waals surface area contributed by atoms with Crippen molar-refractivity contribution in [3.63, 3.8) is 0 Å². The van der Waals surface area contributed by atoms with Gasteiger partial charge >= 0.3 is 6.03 Å². The summed E-state index contributed by atoms with van der Waals surface area (Å²) >= 11 is 7.77. The average molecular weight is 452 g/mol. The summed E-state index contributed by atoms with van der Waals surface area (Å²) in [4.78, 5) is 28.7. The Morgan fingerprint density at radius 3 is 2.53 bits per heavy atom. The van der Waals surface area contributed by atoms with E-state index in [4.69, 9.17) is 11.6 Å². The standard InChI is InChI=1S/C21H20ClF2N3O2S/c22-15-3-1-2-14(12-15)19(28)27-10-11-30-21(27)6-8-26(9-7-21)20(29)25-18-5-4-16(23)13-17(18)24/h1-5,12-13H,6-11H2,(H,25,29). The predicted octanol–water partition coefficient (Wildman–Crippen LogP) is 4.83. The Kier molecular flexibility index (Phi) is 5.88. The molecule has 2 aliphatic rings. The van der Waals surface area contributed by atoms with Crippen molar-refractivity contribution in [1.82, 2.24) is 9.80 Å². The van der Waals surface area contributed by atoms with E-state index >= 15 is 0 Å². The fourth-order valence-electron chi connectivity index (χ4n) is 3.93. The third-order valence-corrected chi connectivity index (χ3v) is 7.29. The molecule has 3 amide bonds. The number of rotatable bonds is 2. The van der Waals surface area contributed by atoms with Crippen molar-refractivity contribution in [3.8, 4) is 0 Å². The van der Waals surface area contributed by atoms with E-state index in [-0.39, 0.29) is 16.5 Å². The molecule has 5 nitrogen and oxygen atoms in total. The summed E-state index contributed by atoms with van der Waals surface area (Å²) in [7, 11) is 0. The number of anilines is 1. The normalized spacial score (nSPS) is 18.0. The van der Waals surface area contributed by atoms with Gasteiger partial charge in [0.15, 0.2) is 0 Å². The Hall–Kier alpha value is -2.32. The molecule has 1 spiro atoms. The summed E-state index contributed by atoms with van der Waals surface area (Å²) in [5, 5.41) is 3.01. The van der Waals surface area contributed by atoms with E-state index in [1.54, 1.807) is 40.9 Å². The number of amides is 3. The Balaban J connectivity index is 1.42. The molecule has 0 bridgehead atoms. The highest BCUT2D eigenvalue weighted by Gasteiger charge is 2.47. The lowest BCUT2D eigenvalue weighted by Crippen LogP contribution is -2.54. The van der Waals surface area contributed by atoms with Crippen LogP contribution in [0.1, 0.15) is 23.2 Å². The molecule has 2 heterocycles. The van der Waals surface area contributed by atoms with Crippen LogP contribution in [0, 0.1) is 11.6 Å². The summed E-state index contributed by atoms with van der Waals surface area (Å²) in [6, 6.07) is 9.50. The lowest BCUT2D eigenvalue weighted by molar-refractivity contribution is 0.0585. The molecule has 30 heavy (non-hydrogen) atoms. The third-order valence-electron chi connectivity index (χ3n) is 5.50. The molecule has 0 saturated carbocycles. The SMILES string of the molecule is O=C(Nc1ccc(F)cc1F)N1CCC2(CC1)SCCN2C(=O)c1cccc(Cl)c1. The first-order valence-corrected chi connectivity index (χ1v) is 11.0. The monoisotopic (exact) mass is 451 g/mol. The number of hydrogen-bond donors (Lipinski definition) is 1. The second-order valence-corrected chi connectivity index (χ2v) is 9.20. The number of nitrogens with zero attached hydrogens (tertiary/aromatic N) is 2. The molecule has 0 radical (unpaired) electrons. The summed E-state index contributed by atoms with van der Waals surface area (Å²) in [5.41, 5.74) is 0.492. The molecular weight excluding hydrogens is 432 g/mol. The smallest absolute Gasteiger partial charge is 0.321 e. The Morgan fingerprint density at radius 1 is 1.07 bits per heavy atom. The molecular formula is C21H20ClF2N3O2S. The number of halogens is 3. The van der Waals surface area contributed by atoms with Gasteiger partial charge in [-0.05, 0) is 43.2 Å². The Morgan fingerprint density at radius 2 is 1.83 bits per heavy atom. The zero-order valence-corrected chi connectivity index (χ0v) is 17.6. The van der Waals surface area contributed by atoms with Gasteiger partial charge in [0.1, 0.15) is 11.6 Å². The zero-order valence-electron chi connectivity index (χ0n) is 16.0. The van der Waals surface area contributed by atoms with E-state index in [0.717, 1.165) is 17.9 Å². The van der Waals surface area contributed by atoms with Crippen LogP contribution in [0.15, 0.2) is 42.5 Å². The van der Waals surface area contributed by atoms with Crippen LogP contribution in [0.25, 0.3) is 0 Å². The zero-order chi connectivity index (χ0) is 21.3. The molecule has 0 aliphatic carbocycles. The second-order valence-electron chi connectivity index (χ2n) is 7.30. The molecule has 2 fully saturated rings. The number of urea groups is 1. The maximum Gasteiger partial charge on any atom is 0.321 e. The van der Waals surface area contributed by atoms with Crippen LogP contribution < -0.4 is 5.32 Å². The lowest BCUT2D eigenvalue weighted by atomic mass is 10.0. The summed E-state index contributed by atoms with van der Waals surface area (Å²) in [6.45, 7) is 1.50. The van der Waals surface area contributed by atoms with Gasteiger partial charge in [-0.3, -0.25) is 4.79 Å². The van der Waals surface area contributed by atoms with Crippen molar-refractivity contribution in [2.75, 3.05) is 30.7 Å². The van der Waals surface area contributed by atoms with Crippen molar-refractivity contribution in [2.45, 2.75) is 17.7 Å². The molecule has 2 aromatic carbocycles. The van der Waals surface area contributed by atoms with Gasteiger partial charge in [0.25, 0.3) is 5.91 Å². The number of piperidine rings is 1. The Bertz CT molecular complexity index is 982. The first-order valence-electron chi connectivity index (χ1n) is 9.60. The molecule has 2 aliphatic heterocycles. The number of carbonyl (C=O) groups excluding carboxylic acids is 2. The molecule has 2 saturated heterocycles. The van der Waals surface area contributed by atoms with Crippen LogP contribution in [0.5, 0.6) is 0 Å². The highest BCUT2D eigenvalue weighted by molar-refractivity contribution is 8.00. The number of thioether (sulfide) groups is 1. The van der Waals surface area contributed by atoms with Crippen LogP contribution in [-0.2, 0) is 0 Å². The van der Waals surface area contributed by atoms with Crippen molar-refractivity contribution in [3.05, 3.63) is 64.7 Å². The van der Waals surface area contributed by atoms with E-state index in [0.29, 0.717) is 43.1 Å². The van der Waals surface area contributed by atoms with Crippen molar-refractivity contribution >= 4 is 41.0 Å². The Labute approximate surface area is 182 Å². The van der Waals surface area contributed by atoms with Crippen molar-refractivity contribution in [1.29, 1.82) is 0 Å². The number of benzene rings is 2. The van der Waals surface area contributed by atoms with Crippen LogP contribution in [0.4, 0.5) is 19.3 Å². The van der Waals surface area contributed by atoms with E-state index in [1.807, 2.05) is 4.90 Å². The molecule has 0 atom stereocenters. The predicted molar refractivity (Wildman–Crippen MR) is 114 cm³/mol. The van der Waals surface area contributed by atoms with Crippen molar-refractivity contribution < 1.29 is 18.4 Å². The van der Waals surface area contributed by atoms with Crippen LogP contribution in [0.3, 0.4) is 0 Å². The fourth-order valence-corrected chi connectivity index (χ4v) is 5.58. The minimum absolute atomic E-state index is 0.0605. The van der Waals surface area contributed by atoms with E-state index in [9.17, 15) is 18.4 Å². The van der Waals surface area contributed by atoms with Crippen LogP contribution in [0.2, 0.25) is 5.02 Å². The number of hydrogen-bond acceptors (Lipinski definition) is 3. The average Bonchev–Trinajstić information content (AvgIpc) is 3.13. The van der Waals surface area contributed by atoms with Gasteiger partial charge in [0.05, 0.1) is 10.6 Å². The number of nitrogens with one attached hydrogen (secondary N) is 1. The fraction of sp³-hybridized carbons (Fsp3) is 0.333. The van der Waals surface area contributed by atoms with Crippen LogP contribution >= 0.6 is 23.4 Å². The van der Waals surface area contributed by atoms with Gasteiger partial charge in [-0.1, -0.05) is 17.7 Å². The first-order chi connectivity index (χ1) is 14.4. The number of carbonyl (C=O) groups is 2. The lowest BCUT2D eigenvalue weighted by Gasteiger charge is -2.44. The largest absolute Gasteiger partial charge is 0.324 e. The minimum atomic E-state index is -0.818. The summed E-state index contributed by atoms with van der Waals surface area (Å²) in [6.07, 6.45) is 1.23. The minimum Gasteiger partial charge on any atom is -0.324 e. The van der Waals surface area contributed by atoms with Gasteiger partial charge in [-0.15, -0.1) is 11.8 Å². The molecule has 0 unspecified atom stereocenters. The van der Waals surface area contributed by atoms with Crippen molar-refractivity contribution in [2.24, 2.45) is 0 Å². The van der Waals surface area contributed by atoms with Gasteiger partial charge in [0.2, 0.25) is 0 Å². The van der Waals surface area contributed by atoms with E-state index in [2.05, 4.69) is 5.32 Å². The highest BCUT2D eigenvalue weighted by atomic mass is 35.5. The van der Waals surface area contributed by atoms with Crippen LogP contribution in [-0.4, -0.2) is 52.0 Å². The van der Waals surface area contributed by atoms with E-state index in [1.165, 1.54) is 6.07 Å². The maximum absolute atomic E-state index is 13.8. The third kappa shape index (κ3) is 4.11. The molecule has 158 valence electrons. The number of likely N-dealkylation sites (tertiary alicyclic amines) is 1. The van der Waals surface area contributed by atoms with Gasteiger partial charge < -0.3 is 15.1 Å². The molecule has 1 N–H and O–H groups in total. The molecule has 2 aromatic rings. The topological polar surface area (TPSA) is 52.7 Å². The van der Waals surface area contributed by atoms with Gasteiger partial charge in [0, 0.05) is 42.0 Å². The highest BCUT2D eigenvalue weighted by Crippen LogP contribution is 2.44. The van der Waals surface area contributed by atoms with Gasteiger partial charge in [-0.2, -0.15) is 0 Å². The first kappa shape index (κ1) is 20.9.